The largest absolute Gasteiger partial charge is 0.356 e. The molecule has 1 aromatic carbocycles. The molecule has 0 saturated heterocycles. The Labute approximate surface area is 127 Å². The molecular formula is C13H14ClN3O3S. The van der Waals surface area contributed by atoms with Crippen LogP contribution in [0.4, 0.5) is 11.4 Å². The van der Waals surface area contributed by atoms with Crippen LogP contribution in [0, 0.1) is 6.92 Å². The van der Waals surface area contributed by atoms with Crippen molar-refractivity contribution in [3.63, 3.8) is 0 Å². The maximum atomic E-state index is 12.1. The molecule has 0 aliphatic heterocycles. The number of carbonyl (C=O) groups is 1. The molecule has 1 aromatic heterocycles. The summed E-state index contributed by atoms with van der Waals surface area (Å²) in [4.78, 5) is 14.8. The van der Waals surface area contributed by atoms with Gasteiger partial charge in [-0.05, 0) is 30.7 Å². The van der Waals surface area contributed by atoms with Gasteiger partial charge in [-0.15, -0.1) is 0 Å². The van der Waals surface area contributed by atoms with Gasteiger partial charge >= 0.3 is 0 Å². The van der Waals surface area contributed by atoms with Crippen molar-refractivity contribution in [1.82, 2.24) is 4.98 Å². The van der Waals surface area contributed by atoms with E-state index in [0.29, 0.717) is 16.4 Å². The Kier molecular flexibility index (Phi) is 4.24. The van der Waals surface area contributed by atoms with Gasteiger partial charge in [-0.2, -0.15) is 0 Å². The Bertz CT molecular complexity index is 784. The first-order chi connectivity index (χ1) is 9.74. The van der Waals surface area contributed by atoms with Crippen molar-refractivity contribution < 1.29 is 13.2 Å². The molecule has 3 N–H and O–H groups in total. The first-order valence-electron chi connectivity index (χ1n) is 5.98. The topological polar surface area (TPSA) is 91.1 Å². The third-order valence-corrected chi connectivity index (χ3v) is 3.42. The Balaban J connectivity index is 2.30. The van der Waals surface area contributed by atoms with E-state index in [1.54, 1.807) is 18.2 Å². The Hall–Kier alpha value is -1.99. The molecule has 112 valence electrons. The SMILES string of the molecule is Cc1ccc(NS(C)(=O)=O)c(NC(=O)c2cc(Cl)c[nH]2)c1. The molecule has 0 radical (unpaired) electrons. The molecule has 6 nitrogen and oxygen atoms in total. The molecule has 0 fully saturated rings. The van der Waals surface area contributed by atoms with E-state index in [-0.39, 0.29) is 5.69 Å². The molecule has 0 spiro atoms. The van der Waals surface area contributed by atoms with Crippen LogP contribution in [0.25, 0.3) is 0 Å². The highest BCUT2D eigenvalue weighted by molar-refractivity contribution is 7.92. The second-order valence-electron chi connectivity index (χ2n) is 4.61. The van der Waals surface area contributed by atoms with Crippen molar-refractivity contribution in [2.45, 2.75) is 6.92 Å². The molecule has 21 heavy (non-hydrogen) atoms. The van der Waals surface area contributed by atoms with Crippen molar-refractivity contribution in [2.24, 2.45) is 0 Å². The smallest absolute Gasteiger partial charge is 0.272 e. The monoisotopic (exact) mass is 327 g/mol. The molecule has 1 heterocycles. The minimum Gasteiger partial charge on any atom is -0.356 e. The van der Waals surface area contributed by atoms with Crippen LogP contribution in [0.2, 0.25) is 5.02 Å². The van der Waals surface area contributed by atoms with Crippen molar-refractivity contribution >= 4 is 38.9 Å². The zero-order chi connectivity index (χ0) is 15.6. The fraction of sp³-hybridized carbons (Fsp3) is 0.154. The van der Waals surface area contributed by atoms with Crippen LogP contribution in [0.1, 0.15) is 16.1 Å². The van der Waals surface area contributed by atoms with Gasteiger partial charge in [0.05, 0.1) is 22.7 Å². The fourth-order valence-electron chi connectivity index (χ4n) is 1.74. The number of nitrogens with one attached hydrogen (secondary N) is 3. The molecule has 0 unspecified atom stereocenters. The second-order valence-corrected chi connectivity index (χ2v) is 6.79. The van der Waals surface area contributed by atoms with Crippen molar-refractivity contribution in [3.05, 3.63) is 46.7 Å². The number of aromatic amines is 1. The molecular weight excluding hydrogens is 314 g/mol. The first-order valence-corrected chi connectivity index (χ1v) is 8.25. The van der Waals surface area contributed by atoms with Crippen LogP contribution in [0.15, 0.2) is 30.5 Å². The van der Waals surface area contributed by atoms with Gasteiger partial charge in [-0.1, -0.05) is 17.7 Å². The lowest BCUT2D eigenvalue weighted by Crippen LogP contribution is -2.16. The summed E-state index contributed by atoms with van der Waals surface area (Å²) in [7, 11) is -3.44. The van der Waals surface area contributed by atoms with E-state index >= 15 is 0 Å². The van der Waals surface area contributed by atoms with E-state index in [1.165, 1.54) is 12.3 Å². The lowest BCUT2D eigenvalue weighted by Gasteiger charge is -2.12. The molecule has 2 aromatic rings. The Morgan fingerprint density at radius 2 is 1.95 bits per heavy atom. The number of hydrogen-bond acceptors (Lipinski definition) is 3. The van der Waals surface area contributed by atoms with Gasteiger partial charge in [0.2, 0.25) is 10.0 Å². The number of anilines is 2. The summed E-state index contributed by atoms with van der Waals surface area (Å²) in [6, 6.07) is 6.49. The third-order valence-electron chi connectivity index (χ3n) is 2.61. The average Bonchev–Trinajstić information content (AvgIpc) is 2.78. The first kappa shape index (κ1) is 15.4. The normalized spacial score (nSPS) is 11.2. The third kappa shape index (κ3) is 4.24. The van der Waals surface area contributed by atoms with E-state index < -0.39 is 15.9 Å². The highest BCUT2D eigenvalue weighted by Gasteiger charge is 2.13. The number of sulfonamides is 1. The van der Waals surface area contributed by atoms with Crippen LogP contribution in [0.3, 0.4) is 0 Å². The number of halogens is 1. The highest BCUT2D eigenvalue weighted by atomic mass is 35.5. The number of aryl methyl sites for hydroxylation is 1. The van der Waals surface area contributed by atoms with E-state index in [0.717, 1.165) is 11.8 Å². The van der Waals surface area contributed by atoms with E-state index in [2.05, 4.69) is 15.0 Å². The number of amides is 1. The zero-order valence-corrected chi connectivity index (χ0v) is 13.0. The van der Waals surface area contributed by atoms with Gasteiger partial charge in [0.15, 0.2) is 0 Å². The average molecular weight is 328 g/mol. The summed E-state index contributed by atoms with van der Waals surface area (Å²) in [5.74, 6) is -0.413. The van der Waals surface area contributed by atoms with Gasteiger partial charge in [0, 0.05) is 6.20 Å². The van der Waals surface area contributed by atoms with Gasteiger partial charge in [-0.25, -0.2) is 8.42 Å². The standard InChI is InChI=1S/C13H14ClN3O3S/c1-8-3-4-10(17-21(2,19)20)11(5-8)16-13(18)12-6-9(14)7-15-12/h3-7,15,17H,1-2H3,(H,16,18). The molecule has 0 atom stereocenters. The van der Waals surface area contributed by atoms with Crippen molar-refractivity contribution in [1.29, 1.82) is 0 Å². The van der Waals surface area contributed by atoms with Crippen LogP contribution in [0.5, 0.6) is 0 Å². The molecule has 0 aliphatic rings. The zero-order valence-electron chi connectivity index (χ0n) is 11.4. The summed E-state index contributed by atoms with van der Waals surface area (Å²) in [6.45, 7) is 1.84. The number of H-pyrrole nitrogens is 1. The van der Waals surface area contributed by atoms with Crippen LogP contribution >= 0.6 is 11.6 Å². The summed E-state index contributed by atoms with van der Waals surface area (Å²) >= 11 is 5.75. The maximum absolute atomic E-state index is 12.1. The summed E-state index contributed by atoms with van der Waals surface area (Å²) < 4.78 is 25.1. The number of rotatable bonds is 4. The molecule has 0 aliphatic carbocycles. The van der Waals surface area contributed by atoms with Gasteiger partial charge < -0.3 is 10.3 Å². The Morgan fingerprint density at radius 3 is 2.52 bits per heavy atom. The fourth-order valence-corrected chi connectivity index (χ4v) is 2.48. The van der Waals surface area contributed by atoms with E-state index in [9.17, 15) is 13.2 Å². The minimum absolute atomic E-state index is 0.284. The number of carbonyl (C=O) groups excluding carboxylic acids is 1. The summed E-state index contributed by atoms with van der Waals surface area (Å²) in [5.41, 5.74) is 1.84. The van der Waals surface area contributed by atoms with Crippen LogP contribution in [-0.4, -0.2) is 25.6 Å². The van der Waals surface area contributed by atoms with Crippen LogP contribution < -0.4 is 10.0 Å². The highest BCUT2D eigenvalue weighted by Crippen LogP contribution is 2.24. The number of benzene rings is 1. The molecule has 2 rings (SSSR count). The lowest BCUT2D eigenvalue weighted by atomic mass is 10.2. The number of hydrogen-bond donors (Lipinski definition) is 3. The second kappa shape index (κ2) is 5.79. The van der Waals surface area contributed by atoms with Gasteiger partial charge in [0.25, 0.3) is 5.91 Å². The van der Waals surface area contributed by atoms with E-state index in [4.69, 9.17) is 11.6 Å². The predicted octanol–water partition coefficient (Wildman–Crippen LogP) is 2.60. The molecule has 8 heteroatoms. The maximum Gasteiger partial charge on any atom is 0.272 e. The van der Waals surface area contributed by atoms with Crippen molar-refractivity contribution in [2.75, 3.05) is 16.3 Å². The molecule has 1 amide bonds. The van der Waals surface area contributed by atoms with Gasteiger partial charge in [-0.3, -0.25) is 9.52 Å². The predicted molar refractivity (Wildman–Crippen MR) is 83.4 cm³/mol. The minimum atomic E-state index is -3.44. The quantitative estimate of drug-likeness (QED) is 0.806. The summed E-state index contributed by atoms with van der Waals surface area (Å²) in [5, 5.41) is 3.06. The Morgan fingerprint density at radius 1 is 1.24 bits per heavy atom. The lowest BCUT2D eigenvalue weighted by molar-refractivity contribution is 0.102. The van der Waals surface area contributed by atoms with Crippen LogP contribution in [-0.2, 0) is 10.0 Å². The van der Waals surface area contributed by atoms with Gasteiger partial charge in [0.1, 0.15) is 5.69 Å². The van der Waals surface area contributed by atoms with E-state index in [1.807, 2.05) is 6.92 Å². The molecule has 0 bridgehead atoms. The number of aromatic nitrogens is 1. The molecule has 0 saturated carbocycles. The van der Waals surface area contributed by atoms with Crippen molar-refractivity contribution in [3.8, 4) is 0 Å². The summed E-state index contributed by atoms with van der Waals surface area (Å²) in [6.07, 6.45) is 2.53.